The molecule has 0 atom stereocenters. The van der Waals surface area contributed by atoms with Crippen molar-refractivity contribution in [3.63, 3.8) is 0 Å². The average Bonchev–Trinajstić information content (AvgIpc) is 3.56. The molecule has 212 valence electrons. The van der Waals surface area contributed by atoms with E-state index in [2.05, 4.69) is 121 Å². The van der Waals surface area contributed by atoms with Crippen molar-refractivity contribution in [3.05, 3.63) is 158 Å². The fourth-order valence-corrected chi connectivity index (χ4v) is 6.55. The molecule has 0 unspecified atom stereocenters. The minimum absolute atomic E-state index is 0.625. The predicted octanol–water partition coefficient (Wildman–Crippen LogP) is 10.5. The third-order valence-corrected chi connectivity index (χ3v) is 8.85. The highest BCUT2D eigenvalue weighted by atomic mass is 32.1. The lowest BCUT2D eigenvalue weighted by Gasteiger charge is -2.12. The summed E-state index contributed by atoms with van der Waals surface area (Å²) in [6.45, 7) is 0. The van der Waals surface area contributed by atoms with Gasteiger partial charge in [-0.15, -0.1) is 11.3 Å². The summed E-state index contributed by atoms with van der Waals surface area (Å²) in [7, 11) is 0. The van der Waals surface area contributed by atoms with Gasteiger partial charge in [0.2, 0.25) is 0 Å². The fraction of sp³-hybridized carbons (Fsp3) is 0. The van der Waals surface area contributed by atoms with Crippen molar-refractivity contribution in [3.8, 4) is 67.0 Å². The molecule has 8 aromatic rings. The van der Waals surface area contributed by atoms with Crippen LogP contribution in [0.25, 0.3) is 77.2 Å². The molecule has 0 aliphatic heterocycles. The first kappa shape index (κ1) is 26.8. The van der Waals surface area contributed by atoms with Gasteiger partial charge in [-0.3, -0.25) is 0 Å². The summed E-state index contributed by atoms with van der Waals surface area (Å²) >= 11 is 1.68. The molecule has 0 bridgehead atoms. The highest BCUT2D eigenvalue weighted by Crippen LogP contribution is 2.35. The molecule has 0 N–H and O–H groups in total. The molecule has 5 heteroatoms. The van der Waals surface area contributed by atoms with Crippen LogP contribution < -0.4 is 0 Å². The first-order valence-electron chi connectivity index (χ1n) is 14.8. The predicted molar refractivity (Wildman–Crippen MR) is 186 cm³/mol. The Labute approximate surface area is 265 Å². The second-order valence-electron chi connectivity index (χ2n) is 10.7. The van der Waals surface area contributed by atoms with Gasteiger partial charge < -0.3 is 0 Å². The van der Waals surface area contributed by atoms with Crippen molar-refractivity contribution in [1.82, 2.24) is 19.9 Å². The van der Waals surface area contributed by atoms with Crippen LogP contribution in [0.4, 0.5) is 0 Å². The smallest absolute Gasteiger partial charge is 0.164 e. The van der Waals surface area contributed by atoms with Gasteiger partial charge >= 0.3 is 0 Å². The second-order valence-corrected chi connectivity index (χ2v) is 11.8. The Morgan fingerprint density at radius 1 is 0.333 bits per heavy atom. The van der Waals surface area contributed by atoms with E-state index in [9.17, 15) is 0 Å². The van der Waals surface area contributed by atoms with Crippen molar-refractivity contribution >= 4 is 21.6 Å². The van der Waals surface area contributed by atoms with Crippen molar-refractivity contribution in [2.75, 3.05) is 0 Å². The Morgan fingerprint density at radius 3 is 1.58 bits per heavy atom. The van der Waals surface area contributed by atoms with Crippen molar-refractivity contribution in [2.24, 2.45) is 0 Å². The number of fused-ring (bicyclic) bond motifs is 1. The summed E-state index contributed by atoms with van der Waals surface area (Å²) in [5.74, 6) is 1.89. The number of aromatic nitrogens is 4. The Hall–Kier alpha value is -5.78. The summed E-state index contributed by atoms with van der Waals surface area (Å²) < 4.78 is 1.09. The molecule has 4 nitrogen and oxygen atoms in total. The van der Waals surface area contributed by atoms with Crippen LogP contribution >= 0.6 is 11.3 Å². The Morgan fingerprint density at radius 2 is 0.867 bits per heavy atom. The number of hydrogen-bond donors (Lipinski definition) is 0. The molecule has 0 radical (unpaired) electrons. The van der Waals surface area contributed by atoms with Gasteiger partial charge in [0.15, 0.2) is 17.5 Å². The van der Waals surface area contributed by atoms with Crippen LogP contribution in [0.15, 0.2) is 158 Å². The summed E-state index contributed by atoms with van der Waals surface area (Å²) in [5.41, 5.74) is 9.33. The van der Waals surface area contributed by atoms with Gasteiger partial charge in [0, 0.05) is 22.3 Å². The molecular weight excluding hydrogens is 569 g/mol. The van der Waals surface area contributed by atoms with Gasteiger partial charge in [0.05, 0.1) is 10.2 Å². The van der Waals surface area contributed by atoms with E-state index in [0.717, 1.165) is 59.7 Å². The Kier molecular flexibility index (Phi) is 6.98. The van der Waals surface area contributed by atoms with Crippen LogP contribution in [0.3, 0.4) is 0 Å². The minimum atomic E-state index is 0.625. The lowest BCUT2D eigenvalue weighted by molar-refractivity contribution is 1.07. The van der Waals surface area contributed by atoms with Gasteiger partial charge in [-0.2, -0.15) is 0 Å². The fourth-order valence-electron chi connectivity index (χ4n) is 5.54. The third kappa shape index (κ3) is 5.42. The molecule has 0 saturated heterocycles. The minimum Gasteiger partial charge on any atom is -0.236 e. The lowest BCUT2D eigenvalue weighted by atomic mass is 9.99. The Balaban J connectivity index is 1.30. The largest absolute Gasteiger partial charge is 0.236 e. The molecule has 45 heavy (non-hydrogen) atoms. The average molecular weight is 595 g/mol. The quantitative estimate of drug-likeness (QED) is 0.192. The first-order chi connectivity index (χ1) is 22.3. The zero-order valence-corrected chi connectivity index (χ0v) is 25.0. The van der Waals surface area contributed by atoms with E-state index in [4.69, 9.17) is 19.9 Å². The molecule has 0 fully saturated rings. The molecule has 0 aliphatic rings. The molecule has 0 spiro atoms. The summed E-state index contributed by atoms with van der Waals surface area (Å²) in [4.78, 5) is 20.2. The standard InChI is InChI=1S/C40H26N4S/c1-4-13-27(14-5-1)30-19-12-20-31(25-30)37-42-38(32-23-24-35-36(26-32)45-40(41-35)29-17-8-3-9-18-29)44-39(43-37)34-22-11-10-21-33(34)28-15-6-2-7-16-28/h1-26H. The number of benzene rings is 6. The molecule has 2 aromatic heterocycles. The molecule has 8 rings (SSSR count). The highest BCUT2D eigenvalue weighted by Gasteiger charge is 2.17. The molecular formula is C40H26N4S. The summed E-state index contributed by atoms with van der Waals surface area (Å²) in [5, 5.41) is 0.995. The summed E-state index contributed by atoms with van der Waals surface area (Å²) in [6.07, 6.45) is 0. The van der Waals surface area contributed by atoms with E-state index in [0.29, 0.717) is 17.5 Å². The molecule has 0 amide bonds. The van der Waals surface area contributed by atoms with Gasteiger partial charge in [-0.1, -0.05) is 133 Å². The second kappa shape index (κ2) is 11.7. The maximum Gasteiger partial charge on any atom is 0.164 e. The van der Waals surface area contributed by atoms with Crippen molar-refractivity contribution in [1.29, 1.82) is 0 Å². The van der Waals surface area contributed by atoms with Gasteiger partial charge in [-0.05, 0) is 46.5 Å². The number of thiazole rings is 1. The normalized spacial score (nSPS) is 11.1. The highest BCUT2D eigenvalue weighted by molar-refractivity contribution is 7.21. The topological polar surface area (TPSA) is 51.6 Å². The van der Waals surface area contributed by atoms with Crippen molar-refractivity contribution < 1.29 is 0 Å². The molecule has 6 aromatic carbocycles. The zero-order chi connectivity index (χ0) is 30.0. The summed E-state index contributed by atoms with van der Waals surface area (Å²) in [6, 6.07) is 54.0. The SMILES string of the molecule is c1ccc(-c2cccc(-c3nc(-c4ccc5nc(-c6ccccc6)sc5c4)nc(-c4ccccc4-c4ccccc4)n3)c2)cc1. The van der Waals surface area contributed by atoms with Crippen molar-refractivity contribution in [2.45, 2.75) is 0 Å². The lowest BCUT2D eigenvalue weighted by Crippen LogP contribution is -2.01. The van der Waals surface area contributed by atoms with Crippen LogP contribution in [-0.2, 0) is 0 Å². The van der Waals surface area contributed by atoms with E-state index in [1.807, 2.05) is 36.4 Å². The van der Waals surface area contributed by atoms with E-state index in [1.165, 1.54) is 0 Å². The maximum atomic E-state index is 5.10. The molecule has 0 saturated carbocycles. The van der Waals surface area contributed by atoms with Crippen LogP contribution in [0.2, 0.25) is 0 Å². The number of rotatable bonds is 6. The van der Waals surface area contributed by atoms with E-state index >= 15 is 0 Å². The van der Waals surface area contributed by atoms with E-state index in [-0.39, 0.29) is 0 Å². The molecule has 2 heterocycles. The number of nitrogens with zero attached hydrogens (tertiary/aromatic N) is 4. The van der Waals surface area contributed by atoms with Gasteiger partial charge in [0.25, 0.3) is 0 Å². The van der Waals surface area contributed by atoms with E-state index < -0.39 is 0 Å². The van der Waals surface area contributed by atoms with Gasteiger partial charge in [0.1, 0.15) is 5.01 Å². The van der Waals surface area contributed by atoms with Crippen LogP contribution in [-0.4, -0.2) is 19.9 Å². The third-order valence-electron chi connectivity index (χ3n) is 7.78. The number of hydrogen-bond acceptors (Lipinski definition) is 5. The van der Waals surface area contributed by atoms with Crippen LogP contribution in [0.1, 0.15) is 0 Å². The first-order valence-corrected chi connectivity index (χ1v) is 15.6. The monoisotopic (exact) mass is 594 g/mol. The molecule has 0 aliphatic carbocycles. The van der Waals surface area contributed by atoms with Crippen LogP contribution in [0, 0.1) is 0 Å². The zero-order valence-electron chi connectivity index (χ0n) is 24.2. The van der Waals surface area contributed by atoms with E-state index in [1.54, 1.807) is 11.3 Å². The van der Waals surface area contributed by atoms with Crippen LogP contribution in [0.5, 0.6) is 0 Å². The Bertz CT molecular complexity index is 2260. The maximum absolute atomic E-state index is 5.10. The van der Waals surface area contributed by atoms with Gasteiger partial charge in [-0.25, -0.2) is 19.9 Å².